The number of fused-ring (bicyclic) bond motifs is 16. The van der Waals surface area contributed by atoms with Gasteiger partial charge in [0, 0.05) is 44.4 Å². The van der Waals surface area contributed by atoms with Gasteiger partial charge in [0.05, 0.1) is 27.5 Å². The molecule has 0 aliphatic carbocycles. The van der Waals surface area contributed by atoms with Crippen molar-refractivity contribution in [2.45, 2.75) is 0 Å². The molecular formula is C60H36N2O. The largest absolute Gasteiger partial charge is 0.455 e. The van der Waals surface area contributed by atoms with E-state index in [2.05, 4.69) is 228 Å². The number of hydrogen-bond donors (Lipinski definition) is 0. The van der Waals surface area contributed by atoms with E-state index in [1.807, 2.05) is 0 Å². The molecule has 0 atom stereocenters. The van der Waals surface area contributed by atoms with Crippen LogP contribution in [0.5, 0.6) is 0 Å². The Labute approximate surface area is 361 Å². The Morgan fingerprint density at radius 3 is 1.38 bits per heavy atom. The van der Waals surface area contributed by atoms with E-state index in [0.717, 1.165) is 55.1 Å². The van der Waals surface area contributed by atoms with Crippen molar-refractivity contribution in [1.29, 1.82) is 0 Å². The summed E-state index contributed by atoms with van der Waals surface area (Å²) in [6.07, 6.45) is 0. The highest BCUT2D eigenvalue weighted by Gasteiger charge is 2.21. The van der Waals surface area contributed by atoms with Gasteiger partial charge in [0.2, 0.25) is 0 Å². The van der Waals surface area contributed by atoms with Crippen LogP contribution in [0, 0.1) is 0 Å². The topological polar surface area (TPSA) is 23.0 Å². The lowest BCUT2D eigenvalue weighted by atomic mass is 9.92. The average molecular weight is 801 g/mol. The molecule has 0 saturated heterocycles. The van der Waals surface area contributed by atoms with E-state index in [0.29, 0.717) is 0 Å². The van der Waals surface area contributed by atoms with E-state index in [4.69, 9.17) is 4.42 Å². The van der Waals surface area contributed by atoms with Crippen LogP contribution in [0.4, 0.5) is 0 Å². The van der Waals surface area contributed by atoms with Crippen LogP contribution in [0.15, 0.2) is 223 Å². The van der Waals surface area contributed by atoms with Crippen molar-refractivity contribution in [1.82, 2.24) is 9.13 Å². The number of benzene rings is 11. The predicted octanol–water partition coefficient (Wildman–Crippen LogP) is 16.6. The maximum absolute atomic E-state index is 7.00. The molecule has 0 unspecified atom stereocenters. The van der Waals surface area contributed by atoms with Crippen LogP contribution in [0.25, 0.3) is 131 Å². The summed E-state index contributed by atoms with van der Waals surface area (Å²) in [6.45, 7) is 0. The first-order chi connectivity index (χ1) is 31.2. The van der Waals surface area contributed by atoms with Gasteiger partial charge in [-0.15, -0.1) is 0 Å². The summed E-state index contributed by atoms with van der Waals surface area (Å²) in [6, 6.07) is 79.6. The first kappa shape index (κ1) is 34.3. The van der Waals surface area contributed by atoms with Crippen molar-refractivity contribution in [2.75, 3.05) is 0 Å². The zero-order valence-corrected chi connectivity index (χ0v) is 34.1. The second-order valence-corrected chi connectivity index (χ2v) is 16.8. The number of para-hydroxylation sites is 3. The molecule has 3 nitrogen and oxygen atoms in total. The first-order valence-corrected chi connectivity index (χ1v) is 21.7. The SMILES string of the molecule is c1ccc(-n2c3cc(-c4ccc(-c5ccc6c7ccccc7c7ccccc7c6c5)cc4)ccc3c3c4oc5cc(-n6c7ccccc7c7ccccc76)ccc5c4ccc32)cc1. The van der Waals surface area contributed by atoms with Crippen LogP contribution >= 0.6 is 0 Å². The lowest BCUT2D eigenvalue weighted by Crippen LogP contribution is -1.93. The number of nitrogens with zero attached hydrogens (tertiary/aromatic N) is 2. The third-order valence-corrected chi connectivity index (χ3v) is 13.5. The highest BCUT2D eigenvalue weighted by molar-refractivity contribution is 6.26. The Kier molecular flexibility index (Phi) is 7.11. The number of furan rings is 1. The standard InChI is InChI=1S/C60H36N2O/c1-2-12-41(13-3-1)61-56-33-32-51-50-31-28-42(62-54-20-10-8-18-48(54)49-19-9-11-21-55(49)62)36-58(50)63-60(51)59(56)52-30-27-40(35-57(52)61)38-24-22-37(23-25-38)39-26-29-47-45-16-5-4-14-43(45)44-15-6-7-17-46(44)53(47)34-39/h1-36H. The van der Waals surface area contributed by atoms with Crippen molar-refractivity contribution in [3.05, 3.63) is 218 Å². The normalized spacial score (nSPS) is 12.1. The zero-order chi connectivity index (χ0) is 41.2. The smallest absolute Gasteiger partial charge is 0.145 e. The molecule has 0 N–H and O–H groups in total. The second-order valence-electron chi connectivity index (χ2n) is 16.8. The summed E-state index contributed by atoms with van der Waals surface area (Å²) in [5.41, 5.74) is 13.4. The van der Waals surface area contributed by atoms with E-state index < -0.39 is 0 Å². The minimum atomic E-state index is 0.877. The fraction of sp³-hybridized carbons (Fsp3) is 0. The average Bonchev–Trinajstić information content (AvgIpc) is 4.01. The Bertz CT molecular complexity index is 4100. The van der Waals surface area contributed by atoms with Crippen LogP contribution in [-0.2, 0) is 0 Å². The van der Waals surface area contributed by atoms with E-state index in [-0.39, 0.29) is 0 Å². The summed E-state index contributed by atoms with van der Waals surface area (Å²) >= 11 is 0. The van der Waals surface area contributed by atoms with Crippen molar-refractivity contribution in [3.63, 3.8) is 0 Å². The molecule has 0 amide bonds. The van der Waals surface area contributed by atoms with Gasteiger partial charge < -0.3 is 13.6 Å². The summed E-state index contributed by atoms with van der Waals surface area (Å²) < 4.78 is 11.7. The summed E-state index contributed by atoms with van der Waals surface area (Å²) in [4.78, 5) is 0. The van der Waals surface area contributed by atoms with Crippen LogP contribution in [0.3, 0.4) is 0 Å². The molecule has 3 aromatic heterocycles. The molecule has 0 bridgehead atoms. The highest BCUT2D eigenvalue weighted by Crippen LogP contribution is 2.43. The third kappa shape index (κ3) is 4.96. The molecule has 11 aromatic carbocycles. The quantitative estimate of drug-likeness (QED) is 0.163. The highest BCUT2D eigenvalue weighted by atomic mass is 16.3. The van der Waals surface area contributed by atoms with E-state index in [1.165, 1.54) is 76.4 Å². The Morgan fingerprint density at radius 2 is 0.730 bits per heavy atom. The molecule has 0 radical (unpaired) electrons. The van der Waals surface area contributed by atoms with Gasteiger partial charge in [-0.05, 0) is 115 Å². The summed E-state index contributed by atoms with van der Waals surface area (Å²) in [5.74, 6) is 0. The molecule has 14 rings (SSSR count). The van der Waals surface area contributed by atoms with Crippen LogP contribution in [-0.4, -0.2) is 9.13 Å². The van der Waals surface area contributed by atoms with Crippen LogP contribution < -0.4 is 0 Å². The Morgan fingerprint density at radius 1 is 0.254 bits per heavy atom. The van der Waals surface area contributed by atoms with E-state index in [9.17, 15) is 0 Å². The molecule has 0 saturated carbocycles. The molecule has 3 heterocycles. The van der Waals surface area contributed by atoms with Crippen molar-refractivity contribution in [3.8, 4) is 33.6 Å². The molecule has 292 valence electrons. The summed E-state index contributed by atoms with van der Waals surface area (Å²) in [7, 11) is 0. The molecule has 3 heteroatoms. The fourth-order valence-electron chi connectivity index (χ4n) is 10.6. The predicted molar refractivity (Wildman–Crippen MR) is 266 cm³/mol. The number of rotatable bonds is 4. The minimum Gasteiger partial charge on any atom is -0.455 e. The molecule has 0 spiro atoms. The zero-order valence-electron chi connectivity index (χ0n) is 34.1. The maximum atomic E-state index is 7.00. The first-order valence-electron chi connectivity index (χ1n) is 21.7. The third-order valence-electron chi connectivity index (χ3n) is 13.5. The number of aromatic nitrogens is 2. The van der Waals surface area contributed by atoms with Gasteiger partial charge in [-0.25, -0.2) is 0 Å². The van der Waals surface area contributed by atoms with E-state index >= 15 is 0 Å². The maximum Gasteiger partial charge on any atom is 0.145 e. The lowest BCUT2D eigenvalue weighted by Gasteiger charge is -2.12. The van der Waals surface area contributed by atoms with Crippen LogP contribution in [0.2, 0.25) is 0 Å². The molecule has 0 fully saturated rings. The molecule has 63 heavy (non-hydrogen) atoms. The van der Waals surface area contributed by atoms with Gasteiger partial charge in [-0.1, -0.05) is 152 Å². The molecular weight excluding hydrogens is 765 g/mol. The van der Waals surface area contributed by atoms with Crippen molar-refractivity contribution in [2.24, 2.45) is 0 Å². The molecule has 0 aliphatic heterocycles. The van der Waals surface area contributed by atoms with Gasteiger partial charge >= 0.3 is 0 Å². The Balaban J connectivity index is 0.909. The van der Waals surface area contributed by atoms with Gasteiger partial charge in [-0.2, -0.15) is 0 Å². The summed E-state index contributed by atoms with van der Waals surface area (Å²) in [5, 5.41) is 14.8. The van der Waals surface area contributed by atoms with Crippen molar-refractivity contribution >= 4 is 97.9 Å². The van der Waals surface area contributed by atoms with Crippen LogP contribution in [0.1, 0.15) is 0 Å². The van der Waals surface area contributed by atoms with Gasteiger partial charge in [0.1, 0.15) is 11.2 Å². The van der Waals surface area contributed by atoms with Crippen molar-refractivity contribution < 1.29 is 4.42 Å². The fourth-order valence-corrected chi connectivity index (χ4v) is 10.6. The minimum absolute atomic E-state index is 0.877. The second kappa shape index (κ2) is 13.1. The lowest BCUT2D eigenvalue weighted by molar-refractivity contribution is 0.672. The van der Waals surface area contributed by atoms with Gasteiger partial charge in [-0.3, -0.25) is 0 Å². The molecule has 14 aromatic rings. The Hall–Kier alpha value is -8.40. The van der Waals surface area contributed by atoms with Gasteiger partial charge in [0.15, 0.2) is 0 Å². The monoisotopic (exact) mass is 800 g/mol. The van der Waals surface area contributed by atoms with Gasteiger partial charge in [0.25, 0.3) is 0 Å². The molecule has 0 aliphatic rings. The number of hydrogen-bond acceptors (Lipinski definition) is 1. The van der Waals surface area contributed by atoms with E-state index in [1.54, 1.807) is 0 Å².